The van der Waals surface area contributed by atoms with Gasteiger partial charge in [-0.1, -0.05) is 13.0 Å². The molecule has 0 unspecified atom stereocenters. The van der Waals surface area contributed by atoms with E-state index in [4.69, 9.17) is 0 Å². The zero-order valence-corrected chi connectivity index (χ0v) is 13.2. The van der Waals surface area contributed by atoms with Crippen LogP contribution < -0.4 is 10.2 Å². The first kappa shape index (κ1) is 17.8. The zero-order valence-electron chi connectivity index (χ0n) is 13.2. The third-order valence-corrected chi connectivity index (χ3v) is 3.44. The highest BCUT2D eigenvalue weighted by molar-refractivity contribution is 5.52. The van der Waals surface area contributed by atoms with Gasteiger partial charge in [-0.05, 0) is 51.4 Å². The van der Waals surface area contributed by atoms with Crippen molar-refractivity contribution >= 4 is 5.69 Å². The summed E-state index contributed by atoms with van der Waals surface area (Å²) in [7, 11) is 0. The van der Waals surface area contributed by atoms with E-state index in [0.29, 0.717) is 24.3 Å². The van der Waals surface area contributed by atoms with E-state index < -0.39 is 11.7 Å². The summed E-state index contributed by atoms with van der Waals surface area (Å²) in [6, 6.07) is 4.81. The summed E-state index contributed by atoms with van der Waals surface area (Å²) in [5, 5.41) is 3.04. The van der Waals surface area contributed by atoms with Crippen molar-refractivity contribution < 1.29 is 13.2 Å². The largest absolute Gasteiger partial charge is 0.416 e. The molecule has 21 heavy (non-hydrogen) atoms. The van der Waals surface area contributed by atoms with E-state index in [0.717, 1.165) is 6.42 Å². The predicted molar refractivity (Wildman–Crippen MR) is 81.6 cm³/mol. The van der Waals surface area contributed by atoms with Gasteiger partial charge >= 0.3 is 6.18 Å². The van der Waals surface area contributed by atoms with E-state index in [1.807, 2.05) is 32.6 Å². The van der Waals surface area contributed by atoms with Crippen LogP contribution in [0.3, 0.4) is 0 Å². The van der Waals surface area contributed by atoms with Crippen LogP contribution in [0.5, 0.6) is 0 Å². The molecule has 0 aliphatic rings. The maximum Gasteiger partial charge on any atom is 0.416 e. The van der Waals surface area contributed by atoms with Crippen LogP contribution in [0.2, 0.25) is 0 Å². The Balaban J connectivity index is 3.12. The van der Waals surface area contributed by atoms with Gasteiger partial charge in [0.05, 0.1) is 5.56 Å². The lowest BCUT2D eigenvalue weighted by Crippen LogP contribution is -2.30. The molecular formula is C16H25F3N2. The molecule has 1 N–H and O–H groups in total. The number of hydrogen-bond donors (Lipinski definition) is 1. The normalized spacial score (nSPS) is 12.0. The van der Waals surface area contributed by atoms with E-state index in [1.54, 1.807) is 12.1 Å². The Labute approximate surface area is 125 Å². The highest BCUT2D eigenvalue weighted by Crippen LogP contribution is 2.35. The van der Waals surface area contributed by atoms with Gasteiger partial charge in [-0.2, -0.15) is 13.2 Å². The molecular weight excluding hydrogens is 277 g/mol. The van der Waals surface area contributed by atoms with Gasteiger partial charge in [0.15, 0.2) is 0 Å². The van der Waals surface area contributed by atoms with Crippen molar-refractivity contribution in [2.45, 2.75) is 52.9 Å². The Morgan fingerprint density at radius 1 is 1.19 bits per heavy atom. The first-order chi connectivity index (χ1) is 9.81. The van der Waals surface area contributed by atoms with Crippen molar-refractivity contribution in [1.29, 1.82) is 0 Å². The van der Waals surface area contributed by atoms with Crippen molar-refractivity contribution in [3.63, 3.8) is 0 Å². The average Bonchev–Trinajstić information content (AvgIpc) is 2.39. The van der Waals surface area contributed by atoms with Gasteiger partial charge in [0.1, 0.15) is 0 Å². The topological polar surface area (TPSA) is 15.3 Å². The molecule has 5 heteroatoms. The average molecular weight is 302 g/mol. The quantitative estimate of drug-likeness (QED) is 0.749. The van der Waals surface area contributed by atoms with Crippen molar-refractivity contribution in [3.8, 4) is 0 Å². The predicted octanol–water partition coefficient (Wildman–Crippen LogP) is 4.44. The van der Waals surface area contributed by atoms with E-state index in [2.05, 4.69) is 5.32 Å². The number of alkyl halides is 3. The number of anilines is 1. The molecule has 0 aliphatic carbocycles. The summed E-state index contributed by atoms with van der Waals surface area (Å²) in [4.78, 5) is 1.96. The smallest absolute Gasteiger partial charge is 0.369 e. The van der Waals surface area contributed by atoms with Gasteiger partial charge in [-0.25, -0.2) is 0 Å². The highest BCUT2D eigenvalue weighted by atomic mass is 19.4. The minimum atomic E-state index is -4.32. The second-order valence-electron chi connectivity index (χ2n) is 5.40. The van der Waals surface area contributed by atoms with E-state index in [1.165, 1.54) is 6.07 Å². The molecule has 0 fully saturated rings. The Kier molecular flexibility index (Phi) is 6.52. The second kappa shape index (κ2) is 7.69. The lowest BCUT2D eigenvalue weighted by Gasteiger charge is -2.28. The number of benzene rings is 1. The van der Waals surface area contributed by atoms with Crippen LogP contribution in [-0.2, 0) is 12.7 Å². The third-order valence-electron chi connectivity index (χ3n) is 3.44. The molecule has 0 saturated heterocycles. The maximum absolute atomic E-state index is 13.3. The third kappa shape index (κ3) is 4.92. The molecule has 0 aromatic heterocycles. The summed E-state index contributed by atoms with van der Waals surface area (Å²) >= 11 is 0. The van der Waals surface area contributed by atoms with E-state index in [-0.39, 0.29) is 12.6 Å². The zero-order chi connectivity index (χ0) is 16.0. The van der Waals surface area contributed by atoms with Crippen LogP contribution >= 0.6 is 0 Å². The molecule has 0 atom stereocenters. The molecule has 0 aliphatic heterocycles. The van der Waals surface area contributed by atoms with Crippen molar-refractivity contribution in [2.24, 2.45) is 0 Å². The molecule has 0 saturated carbocycles. The monoisotopic (exact) mass is 302 g/mol. The Bertz CT molecular complexity index is 442. The number of nitrogens with zero attached hydrogens (tertiary/aromatic N) is 1. The number of hydrogen-bond acceptors (Lipinski definition) is 2. The van der Waals surface area contributed by atoms with Crippen LogP contribution in [0.25, 0.3) is 0 Å². The Morgan fingerprint density at radius 2 is 1.86 bits per heavy atom. The van der Waals surface area contributed by atoms with Gasteiger partial charge in [-0.15, -0.1) is 0 Å². The standard InChI is InChI=1S/C16H25F3N2/c1-5-9-20-11-13-7-8-14(21(6-2)12(3)4)10-15(13)16(17,18)19/h7-8,10,12,20H,5-6,9,11H2,1-4H3. The lowest BCUT2D eigenvalue weighted by molar-refractivity contribution is -0.138. The van der Waals surface area contributed by atoms with Crippen molar-refractivity contribution in [2.75, 3.05) is 18.0 Å². The summed E-state index contributed by atoms with van der Waals surface area (Å²) in [6.07, 6.45) is -3.42. The SMILES string of the molecule is CCCNCc1ccc(N(CC)C(C)C)cc1C(F)(F)F. The fourth-order valence-electron chi connectivity index (χ4n) is 2.41. The number of rotatable bonds is 7. The van der Waals surface area contributed by atoms with Gasteiger partial charge < -0.3 is 10.2 Å². The molecule has 1 rings (SSSR count). The first-order valence-corrected chi connectivity index (χ1v) is 7.48. The minimum Gasteiger partial charge on any atom is -0.369 e. The van der Waals surface area contributed by atoms with E-state index >= 15 is 0 Å². The second-order valence-corrected chi connectivity index (χ2v) is 5.40. The van der Waals surface area contributed by atoms with Crippen LogP contribution in [-0.4, -0.2) is 19.1 Å². The van der Waals surface area contributed by atoms with Crippen LogP contribution in [0.4, 0.5) is 18.9 Å². The number of nitrogens with one attached hydrogen (secondary N) is 1. The van der Waals surface area contributed by atoms with Gasteiger partial charge in [0.2, 0.25) is 0 Å². The van der Waals surface area contributed by atoms with E-state index in [9.17, 15) is 13.2 Å². The lowest BCUT2D eigenvalue weighted by atomic mass is 10.0. The minimum absolute atomic E-state index is 0.167. The summed E-state index contributed by atoms with van der Waals surface area (Å²) < 4.78 is 39.8. The first-order valence-electron chi connectivity index (χ1n) is 7.48. The van der Waals surface area contributed by atoms with Crippen LogP contribution in [0, 0.1) is 0 Å². The summed E-state index contributed by atoms with van der Waals surface area (Å²) in [6.45, 7) is 9.54. The molecule has 2 nitrogen and oxygen atoms in total. The highest BCUT2D eigenvalue weighted by Gasteiger charge is 2.33. The van der Waals surface area contributed by atoms with Crippen LogP contribution in [0.15, 0.2) is 18.2 Å². The molecule has 1 aromatic rings. The molecule has 0 amide bonds. The maximum atomic E-state index is 13.3. The van der Waals surface area contributed by atoms with Gasteiger partial charge in [0, 0.05) is 24.8 Å². The van der Waals surface area contributed by atoms with Crippen molar-refractivity contribution in [3.05, 3.63) is 29.3 Å². The fraction of sp³-hybridized carbons (Fsp3) is 0.625. The summed E-state index contributed by atoms with van der Waals surface area (Å²) in [5.41, 5.74) is 0.390. The van der Waals surface area contributed by atoms with Crippen LogP contribution in [0.1, 0.15) is 45.2 Å². The fourth-order valence-corrected chi connectivity index (χ4v) is 2.41. The molecule has 0 radical (unpaired) electrons. The molecule has 0 spiro atoms. The van der Waals surface area contributed by atoms with Crippen molar-refractivity contribution in [1.82, 2.24) is 5.32 Å². The molecule has 0 heterocycles. The molecule has 120 valence electrons. The van der Waals surface area contributed by atoms with Gasteiger partial charge in [0.25, 0.3) is 0 Å². The number of halogens is 3. The molecule has 1 aromatic carbocycles. The Morgan fingerprint density at radius 3 is 2.33 bits per heavy atom. The molecule has 0 bridgehead atoms. The summed E-state index contributed by atoms with van der Waals surface area (Å²) in [5.74, 6) is 0. The van der Waals surface area contributed by atoms with Gasteiger partial charge in [-0.3, -0.25) is 0 Å². The Hall–Kier alpha value is -1.23.